The number of ketones is 3. The molecule has 1 amide bonds. The fraction of sp³-hybridized carbons (Fsp3) is 0.731. The number of rotatable bonds is 7. The minimum Gasteiger partial charge on any atom is -0.460 e. The number of cyclic esters (lactones) is 1. The molecule has 0 spiro atoms. The number of fused-ring (bicyclic) bond motifs is 3. The fourth-order valence-corrected chi connectivity index (χ4v) is 10.7. The number of ether oxygens (including phenoxy) is 5. The van der Waals surface area contributed by atoms with Crippen molar-refractivity contribution in [3.05, 3.63) is 53.9 Å². The maximum absolute atomic E-state index is 14.5. The number of piperidine rings is 1. The van der Waals surface area contributed by atoms with Gasteiger partial charge in [-0.2, -0.15) is 0 Å². The highest BCUT2D eigenvalue weighted by Crippen LogP contribution is 2.39. The zero-order valence-corrected chi connectivity index (χ0v) is 42.5. The highest BCUT2D eigenvalue weighted by molar-refractivity contribution is 6.39. The van der Waals surface area contributed by atoms with Crippen LogP contribution in [0.5, 0.6) is 0 Å². The number of amides is 1. The molecule has 4 heterocycles. The maximum Gasteiger partial charge on any atom is 0.329 e. The Bertz CT molecular complexity index is 2020. The highest BCUT2D eigenvalue weighted by Gasteiger charge is 2.53. The molecule has 1 aliphatic carbocycles. The summed E-state index contributed by atoms with van der Waals surface area (Å²) in [6, 6.07) is -1.19. The lowest BCUT2D eigenvalue weighted by Gasteiger charge is -2.42. The largest absolute Gasteiger partial charge is 0.460 e. The van der Waals surface area contributed by atoms with Crippen molar-refractivity contribution in [2.24, 2.45) is 35.5 Å². The Labute approximate surface area is 408 Å². The number of tetrazole rings is 1. The SMILES string of the molecule is CO[C@H]1C[C@@H]2CC[C@@H](C)[C@@](O)(O2)C(=O)C(=O)N2CCCCC2C(=O)O[C@H]([C@H](C)C[C@@H]2CC[C@@H](n3cnnn3)[C@H](OC)C2)CC(=O)[C@H](C)/C=C(\C)[C@@H](O)[C@@H](OC)C(=O)[C@@H](C)C[C@H](C)/C=C/C=C/C=C/1C. The second-order valence-electron chi connectivity index (χ2n) is 20.4. The first-order chi connectivity index (χ1) is 32.8. The predicted octanol–water partition coefficient (Wildman–Crippen LogP) is 6.05. The molecule has 69 heavy (non-hydrogen) atoms. The van der Waals surface area contributed by atoms with Crippen LogP contribution in [0.25, 0.3) is 0 Å². The molecule has 1 unspecified atom stereocenters. The van der Waals surface area contributed by atoms with Crippen molar-refractivity contribution in [2.75, 3.05) is 27.9 Å². The molecule has 0 aromatic carbocycles. The van der Waals surface area contributed by atoms with Gasteiger partial charge in [-0.15, -0.1) is 5.10 Å². The molecule has 5 rings (SSSR count). The summed E-state index contributed by atoms with van der Waals surface area (Å²) in [6.07, 6.45) is 13.9. The molecule has 2 bridgehead atoms. The molecule has 1 saturated carbocycles. The number of hydrogen-bond acceptors (Lipinski definition) is 15. The number of carbonyl (C=O) groups is 5. The van der Waals surface area contributed by atoms with Crippen LogP contribution in [0, 0.1) is 35.5 Å². The summed E-state index contributed by atoms with van der Waals surface area (Å²) in [5, 5.41) is 35.2. The van der Waals surface area contributed by atoms with E-state index in [0.717, 1.165) is 18.4 Å². The van der Waals surface area contributed by atoms with Gasteiger partial charge in [0.05, 0.1) is 24.4 Å². The van der Waals surface area contributed by atoms with E-state index in [0.29, 0.717) is 56.9 Å². The molecule has 17 nitrogen and oxygen atoms in total. The first-order valence-electron chi connectivity index (χ1n) is 25.0. The van der Waals surface area contributed by atoms with Gasteiger partial charge in [0.25, 0.3) is 11.7 Å². The zero-order chi connectivity index (χ0) is 50.6. The number of aliphatic hydroxyl groups is 2. The molecule has 2 saturated heterocycles. The van der Waals surface area contributed by atoms with Crippen molar-refractivity contribution in [3.8, 4) is 0 Å². The van der Waals surface area contributed by atoms with Crippen LogP contribution in [-0.4, -0.2) is 141 Å². The van der Waals surface area contributed by atoms with Gasteiger partial charge in [-0.25, -0.2) is 9.48 Å². The van der Waals surface area contributed by atoms with Crippen molar-refractivity contribution in [2.45, 2.75) is 180 Å². The number of esters is 1. The van der Waals surface area contributed by atoms with Gasteiger partial charge < -0.3 is 38.8 Å². The summed E-state index contributed by atoms with van der Waals surface area (Å²) in [7, 11) is 4.62. The normalized spacial score (nSPS) is 38.8. The van der Waals surface area contributed by atoms with E-state index in [1.165, 1.54) is 12.0 Å². The molecular formula is C52H79N5O12. The summed E-state index contributed by atoms with van der Waals surface area (Å²) in [5.41, 5.74) is 1.27. The molecule has 15 atom stereocenters. The number of Topliss-reactive ketones (excluding diaryl/α,β-unsaturated/α-hetero) is 3. The van der Waals surface area contributed by atoms with Crippen molar-refractivity contribution in [1.82, 2.24) is 25.1 Å². The van der Waals surface area contributed by atoms with E-state index >= 15 is 0 Å². The van der Waals surface area contributed by atoms with Crippen LogP contribution in [0.4, 0.5) is 0 Å². The van der Waals surface area contributed by atoms with Crippen LogP contribution in [0.15, 0.2) is 53.9 Å². The standard InChI is InChI=1S/C52H79N5O12/c1-31-16-12-11-13-17-32(2)43(65-8)28-39-21-19-37(7)52(64,69-39)49(61)50(62)56-23-15-14-18-41(56)51(63)68-44(34(4)26-38-20-22-40(45(27-38)66-9)57-30-53-54-55-57)29-42(58)33(3)25-36(6)47(60)48(67-10)46(59)35(5)24-31/h11-13,16-17,25,30-31,33-35,37-41,43-45,47-48,60,64H,14-15,18-24,26-29H2,1-10H3/b13-11+,16-12+,32-17+,36-25+/t31-,33-,34-,35+,37-,38+,39+,40-,41?,43+,44+,45-,47-,48+,52-/m1/s1. The van der Waals surface area contributed by atoms with Crippen LogP contribution < -0.4 is 0 Å². The third-order valence-electron chi connectivity index (χ3n) is 15.2. The molecule has 3 aliphatic heterocycles. The summed E-state index contributed by atoms with van der Waals surface area (Å²) in [6.45, 7) is 12.8. The first kappa shape index (κ1) is 55.7. The Hall–Kier alpha value is -4.26. The van der Waals surface area contributed by atoms with Crippen molar-refractivity contribution < 1.29 is 57.9 Å². The molecule has 1 aromatic heterocycles. The van der Waals surface area contributed by atoms with E-state index in [2.05, 4.69) is 15.5 Å². The van der Waals surface area contributed by atoms with Crippen LogP contribution >= 0.6 is 0 Å². The van der Waals surface area contributed by atoms with Gasteiger partial charge in [0, 0.05) is 58.5 Å². The van der Waals surface area contributed by atoms with Crippen molar-refractivity contribution in [3.63, 3.8) is 0 Å². The molecule has 1 aromatic rings. The maximum atomic E-state index is 14.5. The van der Waals surface area contributed by atoms with Crippen LogP contribution in [0.1, 0.15) is 132 Å². The smallest absolute Gasteiger partial charge is 0.329 e. The van der Waals surface area contributed by atoms with Crippen LogP contribution in [0.3, 0.4) is 0 Å². The molecule has 0 radical (unpaired) electrons. The molecule has 3 fully saturated rings. The number of methoxy groups -OCH3 is 3. The lowest BCUT2D eigenvalue weighted by Crippen LogP contribution is -2.61. The van der Waals surface area contributed by atoms with Gasteiger partial charge in [0.2, 0.25) is 5.79 Å². The third-order valence-corrected chi connectivity index (χ3v) is 15.2. The predicted molar refractivity (Wildman–Crippen MR) is 256 cm³/mol. The first-order valence-corrected chi connectivity index (χ1v) is 25.0. The number of nitrogens with zero attached hydrogens (tertiary/aromatic N) is 5. The average Bonchev–Trinajstić information content (AvgIpc) is 3.88. The van der Waals surface area contributed by atoms with Gasteiger partial charge in [0.1, 0.15) is 36.5 Å². The van der Waals surface area contributed by atoms with E-state index in [1.54, 1.807) is 52.1 Å². The molecule has 17 heteroatoms. The Morgan fingerprint density at radius 1 is 0.884 bits per heavy atom. The Kier molecular flexibility index (Phi) is 20.8. The minimum absolute atomic E-state index is 0.0170. The Balaban J connectivity index is 1.46. The molecule has 4 aliphatic rings. The monoisotopic (exact) mass is 966 g/mol. The van der Waals surface area contributed by atoms with Crippen molar-refractivity contribution in [1.29, 1.82) is 0 Å². The van der Waals surface area contributed by atoms with Gasteiger partial charge in [-0.3, -0.25) is 19.2 Å². The third kappa shape index (κ3) is 14.2. The number of allylic oxidation sites excluding steroid dienone is 6. The molecule has 2 N–H and O–H groups in total. The summed E-state index contributed by atoms with van der Waals surface area (Å²) in [4.78, 5) is 72.3. The number of carbonyl (C=O) groups excluding carboxylic acids is 5. The molecule has 384 valence electrons. The quantitative estimate of drug-likeness (QED) is 0.181. The minimum atomic E-state index is -2.43. The van der Waals surface area contributed by atoms with Crippen LogP contribution in [-0.2, 0) is 47.7 Å². The Morgan fingerprint density at radius 3 is 2.32 bits per heavy atom. The fourth-order valence-electron chi connectivity index (χ4n) is 10.7. The molecular weight excluding hydrogens is 887 g/mol. The zero-order valence-electron chi connectivity index (χ0n) is 42.5. The number of hydrogen-bond donors (Lipinski definition) is 2. The topological polar surface area (TPSA) is 219 Å². The number of aliphatic hydroxyl groups excluding tert-OH is 1. The summed E-state index contributed by atoms with van der Waals surface area (Å²) < 4.78 is 31.6. The highest BCUT2D eigenvalue weighted by atomic mass is 16.6. The second kappa shape index (κ2) is 25.7. The van der Waals surface area contributed by atoms with Crippen molar-refractivity contribution >= 4 is 29.2 Å². The summed E-state index contributed by atoms with van der Waals surface area (Å²) in [5.74, 6) is -7.92. The average molecular weight is 966 g/mol. The van der Waals surface area contributed by atoms with E-state index < -0.39 is 77.8 Å². The second-order valence-corrected chi connectivity index (χ2v) is 20.4. The van der Waals surface area contributed by atoms with E-state index in [-0.39, 0.29) is 60.9 Å². The summed E-state index contributed by atoms with van der Waals surface area (Å²) >= 11 is 0. The van der Waals surface area contributed by atoms with Crippen LogP contribution in [0.2, 0.25) is 0 Å². The Morgan fingerprint density at radius 2 is 1.64 bits per heavy atom. The van der Waals surface area contributed by atoms with E-state index in [1.807, 2.05) is 58.1 Å². The van der Waals surface area contributed by atoms with Gasteiger partial charge >= 0.3 is 5.97 Å². The van der Waals surface area contributed by atoms with E-state index in [4.69, 9.17) is 23.7 Å². The van der Waals surface area contributed by atoms with E-state index in [9.17, 15) is 34.2 Å². The van der Waals surface area contributed by atoms with Gasteiger partial charge in [-0.05, 0) is 117 Å². The lowest BCUT2D eigenvalue weighted by atomic mass is 9.77. The lowest BCUT2D eigenvalue weighted by molar-refractivity contribution is -0.265. The van der Waals surface area contributed by atoms with Gasteiger partial charge in [0.15, 0.2) is 5.78 Å². The number of aromatic nitrogens is 4. The van der Waals surface area contributed by atoms with Gasteiger partial charge in [-0.1, -0.05) is 71.1 Å².